The molecule has 0 spiro atoms. The van der Waals surface area contributed by atoms with E-state index >= 15 is 0 Å². The van der Waals surface area contributed by atoms with Crippen LogP contribution in [0.15, 0.2) is 18.5 Å². The van der Waals surface area contributed by atoms with Gasteiger partial charge in [-0.25, -0.2) is 0 Å². The van der Waals surface area contributed by atoms with Crippen LogP contribution in [0.4, 0.5) is 0 Å². The lowest BCUT2D eigenvalue weighted by molar-refractivity contribution is -0.122. The van der Waals surface area contributed by atoms with Gasteiger partial charge >= 0.3 is 0 Å². The van der Waals surface area contributed by atoms with Crippen molar-refractivity contribution in [3.8, 4) is 0 Å². The normalized spacial score (nSPS) is 12.2. The van der Waals surface area contributed by atoms with Gasteiger partial charge in [0.25, 0.3) is 0 Å². The molecule has 2 N–H and O–H groups in total. The van der Waals surface area contributed by atoms with Gasteiger partial charge in [0.05, 0.1) is 6.04 Å². The average Bonchev–Trinajstić information content (AvgIpc) is 2.26. The summed E-state index contributed by atoms with van der Waals surface area (Å²) in [5.41, 5.74) is 2.19. The minimum atomic E-state index is -0.165. The molecule has 4 heteroatoms. The van der Waals surface area contributed by atoms with Crippen LogP contribution in [0.2, 0.25) is 0 Å². The Bertz CT molecular complexity index is 338. The smallest absolute Gasteiger partial charge is 0.237 e. The molecule has 0 aromatic carbocycles. The molecule has 1 aromatic rings. The van der Waals surface area contributed by atoms with Crippen LogP contribution in [0.3, 0.4) is 0 Å². The summed E-state index contributed by atoms with van der Waals surface area (Å²) in [5, 5.41) is 5.74. The predicted molar refractivity (Wildman–Crippen MR) is 59.3 cm³/mol. The van der Waals surface area contributed by atoms with Crippen molar-refractivity contribution in [2.24, 2.45) is 0 Å². The number of hydrogen-bond acceptors (Lipinski definition) is 3. The Balaban J connectivity index is 2.51. The van der Waals surface area contributed by atoms with Crippen molar-refractivity contribution < 1.29 is 4.79 Å². The summed E-state index contributed by atoms with van der Waals surface area (Å²) < 4.78 is 0. The maximum absolute atomic E-state index is 11.5. The third kappa shape index (κ3) is 3.32. The summed E-state index contributed by atoms with van der Waals surface area (Å²) in [5.74, 6) is 0.000697. The van der Waals surface area contributed by atoms with E-state index < -0.39 is 0 Å². The predicted octanol–water partition coefficient (Wildman–Crippen LogP) is 0.614. The number of likely N-dealkylation sites (N-methyl/N-ethyl adjacent to an activating group) is 1. The number of carbonyl (C=O) groups excluding carboxylic acids is 1. The second kappa shape index (κ2) is 5.46. The molecule has 15 heavy (non-hydrogen) atoms. The second-order valence-electron chi connectivity index (χ2n) is 3.53. The highest BCUT2D eigenvalue weighted by Crippen LogP contribution is 2.03. The van der Waals surface area contributed by atoms with Crippen molar-refractivity contribution in [1.29, 1.82) is 0 Å². The maximum Gasteiger partial charge on any atom is 0.237 e. The monoisotopic (exact) mass is 207 g/mol. The van der Waals surface area contributed by atoms with Crippen LogP contribution in [0.1, 0.15) is 18.1 Å². The number of rotatable bonds is 4. The van der Waals surface area contributed by atoms with Crippen molar-refractivity contribution in [2.75, 3.05) is 7.05 Å². The maximum atomic E-state index is 11.5. The SMILES string of the molecule is CNC(C)C(=O)NCc1cnccc1C. The summed E-state index contributed by atoms with van der Waals surface area (Å²) in [6.07, 6.45) is 3.52. The summed E-state index contributed by atoms with van der Waals surface area (Å²) in [4.78, 5) is 15.5. The lowest BCUT2D eigenvalue weighted by Crippen LogP contribution is -2.40. The molecule has 1 atom stereocenters. The lowest BCUT2D eigenvalue weighted by atomic mass is 10.1. The average molecular weight is 207 g/mol. The summed E-state index contributed by atoms with van der Waals surface area (Å²) in [6.45, 7) is 4.36. The fourth-order valence-electron chi connectivity index (χ4n) is 1.15. The third-order valence-electron chi connectivity index (χ3n) is 2.43. The van der Waals surface area contributed by atoms with Crippen LogP contribution in [-0.4, -0.2) is 24.0 Å². The van der Waals surface area contributed by atoms with E-state index in [0.29, 0.717) is 6.54 Å². The van der Waals surface area contributed by atoms with Crippen molar-refractivity contribution >= 4 is 5.91 Å². The van der Waals surface area contributed by atoms with Crippen molar-refractivity contribution in [3.05, 3.63) is 29.6 Å². The number of carbonyl (C=O) groups is 1. The zero-order valence-corrected chi connectivity index (χ0v) is 9.37. The molecular formula is C11H17N3O. The molecule has 1 amide bonds. The van der Waals surface area contributed by atoms with Gasteiger partial charge in [-0.2, -0.15) is 0 Å². The Kier molecular flexibility index (Phi) is 4.24. The van der Waals surface area contributed by atoms with Crippen molar-refractivity contribution in [1.82, 2.24) is 15.6 Å². The fraction of sp³-hybridized carbons (Fsp3) is 0.455. The minimum absolute atomic E-state index is 0.000697. The topological polar surface area (TPSA) is 54.0 Å². The van der Waals surface area contributed by atoms with Gasteiger partial charge in [-0.05, 0) is 38.1 Å². The molecule has 1 heterocycles. The minimum Gasteiger partial charge on any atom is -0.351 e. The number of amides is 1. The number of aromatic nitrogens is 1. The van der Waals surface area contributed by atoms with Crippen LogP contribution in [0.5, 0.6) is 0 Å². The highest BCUT2D eigenvalue weighted by Gasteiger charge is 2.09. The molecule has 0 saturated heterocycles. The highest BCUT2D eigenvalue weighted by molar-refractivity contribution is 5.81. The number of nitrogens with one attached hydrogen (secondary N) is 2. The molecule has 0 fully saturated rings. The summed E-state index contributed by atoms with van der Waals surface area (Å²) in [6, 6.07) is 1.77. The van der Waals surface area contributed by atoms with Gasteiger partial charge in [0.15, 0.2) is 0 Å². The lowest BCUT2D eigenvalue weighted by Gasteiger charge is -2.11. The molecule has 1 aromatic heterocycles. The summed E-state index contributed by atoms with van der Waals surface area (Å²) >= 11 is 0. The molecule has 1 rings (SSSR count). The molecule has 0 bridgehead atoms. The van der Waals surface area contributed by atoms with Crippen LogP contribution in [-0.2, 0) is 11.3 Å². The van der Waals surface area contributed by atoms with E-state index in [1.807, 2.05) is 19.9 Å². The van der Waals surface area contributed by atoms with Gasteiger partial charge in [0.2, 0.25) is 5.91 Å². The van der Waals surface area contributed by atoms with E-state index in [4.69, 9.17) is 0 Å². The Morgan fingerprint density at radius 1 is 1.60 bits per heavy atom. The van der Waals surface area contributed by atoms with Gasteiger partial charge in [-0.3, -0.25) is 9.78 Å². The van der Waals surface area contributed by atoms with Gasteiger partial charge in [-0.1, -0.05) is 0 Å². The quantitative estimate of drug-likeness (QED) is 0.760. The number of pyridine rings is 1. The Morgan fingerprint density at radius 2 is 2.33 bits per heavy atom. The highest BCUT2D eigenvalue weighted by atomic mass is 16.2. The Hall–Kier alpha value is -1.42. The van der Waals surface area contributed by atoms with Gasteiger partial charge in [-0.15, -0.1) is 0 Å². The Morgan fingerprint density at radius 3 is 2.93 bits per heavy atom. The molecule has 0 aliphatic carbocycles. The summed E-state index contributed by atoms with van der Waals surface area (Å²) in [7, 11) is 1.76. The van der Waals surface area contributed by atoms with Crippen molar-refractivity contribution in [2.45, 2.75) is 26.4 Å². The number of nitrogens with zero attached hydrogens (tertiary/aromatic N) is 1. The van der Waals surface area contributed by atoms with Crippen LogP contribution in [0.25, 0.3) is 0 Å². The standard InChI is InChI=1S/C11H17N3O/c1-8-4-5-13-6-10(8)7-14-11(15)9(2)12-3/h4-6,9,12H,7H2,1-3H3,(H,14,15). The van der Waals surface area contributed by atoms with E-state index in [9.17, 15) is 4.79 Å². The molecule has 0 radical (unpaired) electrons. The molecule has 1 unspecified atom stereocenters. The first-order valence-electron chi connectivity index (χ1n) is 4.99. The molecule has 0 saturated carbocycles. The van der Waals surface area contributed by atoms with Crippen LogP contribution >= 0.6 is 0 Å². The molecule has 4 nitrogen and oxygen atoms in total. The number of hydrogen-bond donors (Lipinski definition) is 2. The third-order valence-corrected chi connectivity index (χ3v) is 2.43. The molecule has 0 aliphatic rings. The molecule has 82 valence electrons. The van der Waals surface area contributed by atoms with Crippen molar-refractivity contribution in [3.63, 3.8) is 0 Å². The zero-order chi connectivity index (χ0) is 11.3. The first kappa shape index (κ1) is 11.7. The first-order chi connectivity index (χ1) is 7.15. The Labute approximate surface area is 90.1 Å². The molecular weight excluding hydrogens is 190 g/mol. The van der Waals surface area contributed by atoms with Crippen LogP contribution < -0.4 is 10.6 Å². The fourth-order valence-corrected chi connectivity index (χ4v) is 1.15. The van der Waals surface area contributed by atoms with Gasteiger partial charge < -0.3 is 10.6 Å². The van der Waals surface area contributed by atoms with Crippen LogP contribution in [0, 0.1) is 6.92 Å². The van der Waals surface area contributed by atoms with Gasteiger partial charge in [0.1, 0.15) is 0 Å². The largest absolute Gasteiger partial charge is 0.351 e. The second-order valence-corrected chi connectivity index (χ2v) is 3.53. The first-order valence-corrected chi connectivity index (χ1v) is 4.99. The van der Waals surface area contributed by atoms with E-state index in [-0.39, 0.29) is 11.9 Å². The van der Waals surface area contributed by atoms with E-state index in [2.05, 4.69) is 15.6 Å². The van der Waals surface area contributed by atoms with Gasteiger partial charge in [0, 0.05) is 18.9 Å². The van der Waals surface area contributed by atoms with E-state index in [1.165, 1.54) is 0 Å². The zero-order valence-electron chi connectivity index (χ0n) is 9.37. The molecule has 0 aliphatic heterocycles. The number of aryl methyl sites for hydroxylation is 1. The van der Waals surface area contributed by atoms with E-state index in [0.717, 1.165) is 11.1 Å². The van der Waals surface area contributed by atoms with E-state index in [1.54, 1.807) is 19.4 Å².